The number of hydrogen-bond acceptors (Lipinski definition) is 5. The van der Waals surface area contributed by atoms with E-state index >= 15 is 0 Å². The van der Waals surface area contributed by atoms with Crippen LogP contribution in [0, 0.1) is 0 Å². The van der Waals surface area contributed by atoms with Gasteiger partial charge in [0, 0.05) is 20.1 Å². The van der Waals surface area contributed by atoms with Gasteiger partial charge in [0.25, 0.3) is 0 Å². The molecule has 2 aromatic rings. The zero-order valence-electron chi connectivity index (χ0n) is 14.0. The van der Waals surface area contributed by atoms with Gasteiger partial charge >= 0.3 is 0 Å². The summed E-state index contributed by atoms with van der Waals surface area (Å²) >= 11 is 1.40. The van der Waals surface area contributed by atoms with Crippen LogP contribution >= 0.6 is 11.8 Å². The number of nitrogens with zero attached hydrogens (tertiary/aromatic N) is 3. The largest absolute Gasteiger partial charge is 0.341 e. The van der Waals surface area contributed by atoms with Gasteiger partial charge in [-0.3, -0.25) is 4.79 Å². The molecule has 0 radical (unpaired) electrons. The van der Waals surface area contributed by atoms with Crippen LogP contribution in [-0.4, -0.2) is 58.6 Å². The number of rotatable bonds is 4. The van der Waals surface area contributed by atoms with Crippen molar-refractivity contribution in [3.63, 3.8) is 0 Å². The molecule has 3 rings (SSSR count). The Balaban J connectivity index is 1.72. The Kier molecular flexibility index (Phi) is 4.61. The second-order valence-corrected chi connectivity index (χ2v) is 9.74. The highest BCUT2D eigenvalue weighted by atomic mass is 32.2. The number of imidazole rings is 1. The number of benzene rings is 1. The molecule has 2 atom stereocenters. The van der Waals surface area contributed by atoms with E-state index in [0.29, 0.717) is 6.42 Å². The van der Waals surface area contributed by atoms with Crippen LogP contribution < -0.4 is 0 Å². The van der Waals surface area contributed by atoms with Crippen molar-refractivity contribution < 1.29 is 13.2 Å². The maximum absolute atomic E-state index is 12.6. The van der Waals surface area contributed by atoms with Crippen molar-refractivity contribution in [2.45, 2.75) is 29.8 Å². The van der Waals surface area contributed by atoms with Gasteiger partial charge in [-0.1, -0.05) is 23.9 Å². The van der Waals surface area contributed by atoms with Crippen LogP contribution in [0.3, 0.4) is 0 Å². The third kappa shape index (κ3) is 3.30. The summed E-state index contributed by atoms with van der Waals surface area (Å²) in [4.78, 5) is 18.8. The van der Waals surface area contributed by atoms with Gasteiger partial charge in [-0.25, -0.2) is 13.4 Å². The fourth-order valence-electron chi connectivity index (χ4n) is 2.98. The second-order valence-electron chi connectivity index (χ2n) is 6.21. The van der Waals surface area contributed by atoms with Gasteiger partial charge in [-0.05, 0) is 25.5 Å². The first-order chi connectivity index (χ1) is 11.3. The molecule has 1 aromatic heterocycles. The van der Waals surface area contributed by atoms with Gasteiger partial charge in [-0.15, -0.1) is 0 Å². The molecule has 8 heteroatoms. The number of amides is 1. The van der Waals surface area contributed by atoms with E-state index in [1.165, 1.54) is 11.8 Å². The SMILES string of the molecule is C[C@H](Sc1nc2ccccc2n1C)C(=O)N(C)[C@@H]1CCS(=O)(=O)C1. The summed E-state index contributed by atoms with van der Waals surface area (Å²) in [6, 6.07) is 7.62. The molecular weight excluding hydrogens is 346 g/mol. The minimum absolute atomic E-state index is 0.0610. The van der Waals surface area contributed by atoms with Crippen LogP contribution in [0.4, 0.5) is 0 Å². The summed E-state index contributed by atoms with van der Waals surface area (Å²) in [7, 11) is 0.627. The Hall–Kier alpha value is -1.54. The fraction of sp³-hybridized carbons (Fsp3) is 0.500. The standard InChI is InChI=1S/C16H21N3O3S2/c1-11(15(20)18(2)12-8-9-24(21,22)10-12)23-16-17-13-6-4-5-7-14(13)19(16)3/h4-7,11-12H,8-10H2,1-3H3/t11-,12+/m0/s1. The van der Waals surface area contributed by atoms with E-state index in [1.54, 1.807) is 11.9 Å². The van der Waals surface area contributed by atoms with Gasteiger partial charge in [-0.2, -0.15) is 0 Å². The molecule has 6 nitrogen and oxygen atoms in total. The number of carbonyl (C=O) groups excluding carboxylic acids is 1. The molecule has 1 aliphatic heterocycles. The van der Waals surface area contributed by atoms with E-state index in [2.05, 4.69) is 4.98 Å². The van der Waals surface area contributed by atoms with Crippen molar-refractivity contribution in [2.24, 2.45) is 7.05 Å². The number of carbonyl (C=O) groups is 1. The first-order valence-electron chi connectivity index (χ1n) is 7.84. The molecule has 0 saturated carbocycles. The molecule has 0 spiro atoms. The van der Waals surface area contributed by atoms with E-state index in [1.807, 2.05) is 42.8 Å². The molecule has 0 aliphatic carbocycles. The van der Waals surface area contributed by atoms with Crippen molar-refractivity contribution >= 4 is 38.5 Å². The third-order valence-electron chi connectivity index (χ3n) is 4.48. The van der Waals surface area contributed by atoms with Gasteiger partial charge in [0.05, 0.1) is 27.8 Å². The van der Waals surface area contributed by atoms with Gasteiger partial charge in [0.1, 0.15) is 0 Å². The number of thioether (sulfide) groups is 1. The molecule has 0 unspecified atom stereocenters. The van der Waals surface area contributed by atoms with Crippen LogP contribution in [0.1, 0.15) is 13.3 Å². The molecule has 1 fully saturated rings. The Morgan fingerprint density at radius 1 is 1.42 bits per heavy atom. The number of aryl methyl sites for hydroxylation is 1. The van der Waals surface area contributed by atoms with Crippen molar-refractivity contribution in [2.75, 3.05) is 18.6 Å². The lowest BCUT2D eigenvalue weighted by atomic mass is 10.2. The Morgan fingerprint density at radius 3 is 2.75 bits per heavy atom. The second kappa shape index (κ2) is 6.40. The molecule has 0 bridgehead atoms. The molecular formula is C16H21N3O3S2. The number of aromatic nitrogens is 2. The van der Waals surface area contributed by atoms with Crippen molar-refractivity contribution in [3.8, 4) is 0 Å². The lowest BCUT2D eigenvalue weighted by Crippen LogP contribution is -2.41. The summed E-state index contributed by atoms with van der Waals surface area (Å²) in [6.45, 7) is 1.84. The van der Waals surface area contributed by atoms with Crippen molar-refractivity contribution in [3.05, 3.63) is 24.3 Å². The first kappa shape index (κ1) is 17.3. The van der Waals surface area contributed by atoms with E-state index in [0.717, 1.165) is 16.2 Å². The number of para-hydroxylation sites is 2. The van der Waals surface area contributed by atoms with E-state index < -0.39 is 9.84 Å². The van der Waals surface area contributed by atoms with Crippen LogP contribution in [-0.2, 0) is 21.7 Å². The Bertz CT molecular complexity index is 876. The molecule has 1 amide bonds. The smallest absolute Gasteiger partial charge is 0.235 e. The maximum atomic E-state index is 12.6. The lowest BCUT2D eigenvalue weighted by Gasteiger charge is -2.26. The van der Waals surface area contributed by atoms with Gasteiger partial charge < -0.3 is 9.47 Å². The maximum Gasteiger partial charge on any atom is 0.235 e. The number of hydrogen-bond donors (Lipinski definition) is 0. The van der Waals surface area contributed by atoms with Crippen LogP contribution in [0.15, 0.2) is 29.4 Å². The highest BCUT2D eigenvalue weighted by Gasteiger charge is 2.34. The van der Waals surface area contributed by atoms with Gasteiger partial charge in [0.2, 0.25) is 5.91 Å². The van der Waals surface area contributed by atoms with Crippen molar-refractivity contribution in [1.82, 2.24) is 14.5 Å². The molecule has 130 valence electrons. The number of sulfone groups is 1. The summed E-state index contributed by atoms with van der Waals surface area (Å²) < 4.78 is 25.2. The lowest BCUT2D eigenvalue weighted by molar-refractivity contribution is -0.130. The van der Waals surface area contributed by atoms with E-state index in [4.69, 9.17) is 0 Å². The van der Waals surface area contributed by atoms with Crippen LogP contribution in [0.25, 0.3) is 11.0 Å². The van der Waals surface area contributed by atoms with Gasteiger partial charge in [0.15, 0.2) is 15.0 Å². The summed E-state index contributed by atoms with van der Waals surface area (Å²) in [6.07, 6.45) is 0.522. The van der Waals surface area contributed by atoms with Crippen LogP contribution in [0.2, 0.25) is 0 Å². The van der Waals surface area contributed by atoms with Crippen molar-refractivity contribution in [1.29, 1.82) is 0 Å². The molecule has 0 N–H and O–H groups in total. The van der Waals surface area contributed by atoms with E-state index in [-0.39, 0.29) is 28.7 Å². The third-order valence-corrected chi connectivity index (χ3v) is 7.36. The minimum Gasteiger partial charge on any atom is -0.341 e. The summed E-state index contributed by atoms with van der Waals surface area (Å²) in [5.41, 5.74) is 1.92. The first-order valence-corrected chi connectivity index (χ1v) is 10.5. The van der Waals surface area contributed by atoms with Crippen LogP contribution in [0.5, 0.6) is 0 Å². The van der Waals surface area contributed by atoms with E-state index in [9.17, 15) is 13.2 Å². The summed E-state index contributed by atoms with van der Waals surface area (Å²) in [5.74, 6) is 0.176. The summed E-state index contributed by atoms with van der Waals surface area (Å²) in [5, 5.41) is 0.457. The molecule has 1 aliphatic rings. The predicted octanol–water partition coefficient (Wildman–Crippen LogP) is 1.70. The molecule has 1 saturated heterocycles. The predicted molar refractivity (Wildman–Crippen MR) is 95.9 cm³/mol. The Labute approximate surface area is 146 Å². The molecule has 1 aromatic carbocycles. The quantitative estimate of drug-likeness (QED) is 0.769. The topological polar surface area (TPSA) is 72.3 Å². The zero-order valence-corrected chi connectivity index (χ0v) is 15.6. The normalized spacial score (nSPS) is 21.0. The fourth-order valence-corrected chi connectivity index (χ4v) is 5.75. The number of fused-ring (bicyclic) bond motifs is 1. The average Bonchev–Trinajstić information content (AvgIpc) is 3.06. The molecule has 2 heterocycles. The monoisotopic (exact) mass is 367 g/mol. The zero-order chi connectivity index (χ0) is 17.5. The molecule has 24 heavy (non-hydrogen) atoms. The highest BCUT2D eigenvalue weighted by Crippen LogP contribution is 2.28. The highest BCUT2D eigenvalue weighted by molar-refractivity contribution is 8.00. The average molecular weight is 367 g/mol. The minimum atomic E-state index is -3.00. The Morgan fingerprint density at radius 2 is 2.12 bits per heavy atom.